The number of halogens is 1. The van der Waals surface area contributed by atoms with Gasteiger partial charge in [-0.25, -0.2) is 22.8 Å². The fraction of sp³-hybridized carbons (Fsp3) is 0.500. The molecule has 3 heterocycles. The molecule has 0 aliphatic carbocycles. The number of hydrogen-bond acceptors (Lipinski definition) is 6. The molecule has 144 valence electrons. The lowest BCUT2D eigenvalue weighted by molar-refractivity contribution is 0.122. The summed E-state index contributed by atoms with van der Waals surface area (Å²) >= 11 is 0. The summed E-state index contributed by atoms with van der Waals surface area (Å²) in [6.07, 6.45) is 4.87. The van der Waals surface area contributed by atoms with Gasteiger partial charge in [0.05, 0.1) is 24.0 Å². The summed E-state index contributed by atoms with van der Waals surface area (Å²) in [7, 11) is -2.06. The largest absolute Gasteiger partial charge is 0.383 e. The van der Waals surface area contributed by atoms with E-state index in [0.717, 1.165) is 19.4 Å². The highest BCUT2D eigenvalue weighted by Gasteiger charge is 2.35. The van der Waals surface area contributed by atoms with E-state index >= 15 is 0 Å². The van der Waals surface area contributed by atoms with Gasteiger partial charge in [0.15, 0.2) is 5.82 Å². The molecule has 1 unspecified atom stereocenters. The first-order valence-electron chi connectivity index (χ1n) is 8.17. The zero-order valence-electron chi connectivity index (χ0n) is 14.8. The molecule has 1 fully saturated rings. The number of pyridine rings is 1. The first kappa shape index (κ1) is 20.8. The predicted octanol–water partition coefficient (Wildman–Crippen LogP) is 1.04. The van der Waals surface area contributed by atoms with Crippen LogP contribution < -0.4 is 10.0 Å². The van der Waals surface area contributed by atoms with Crippen LogP contribution in [0.2, 0.25) is 0 Å². The molecular formula is C16H24ClN5O3S. The third-order valence-corrected chi connectivity index (χ3v) is 5.98. The number of methoxy groups -OCH3 is 1. The van der Waals surface area contributed by atoms with Crippen molar-refractivity contribution in [3.63, 3.8) is 0 Å². The normalized spacial score (nSPS) is 20.1. The lowest BCUT2D eigenvalue weighted by Gasteiger charge is -2.28. The molecule has 0 aromatic carbocycles. The summed E-state index contributed by atoms with van der Waals surface area (Å²) in [6, 6.07) is 5.40. The lowest BCUT2D eigenvalue weighted by atomic mass is 9.99. The Labute approximate surface area is 159 Å². The highest BCUT2D eigenvalue weighted by Crippen LogP contribution is 2.21. The van der Waals surface area contributed by atoms with Gasteiger partial charge in [0.25, 0.3) is 0 Å². The van der Waals surface area contributed by atoms with Crippen molar-refractivity contribution >= 4 is 22.4 Å². The lowest BCUT2D eigenvalue weighted by Crippen LogP contribution is -2.52. The van der Waals surface area contributed by atoms with Crippen molar-refractivity contribution < 1.29 is 13.2 Å². The number of aromatic nitrogens is 3. The minimum atomic E-state index is -3.68. The molecule has 26 heavy (non-hydrogen) atoms. The number of ether oxygens (including phenoxy) is 1. The van der Waals surface area contributed by atoms with Gasteiger partial charge in [-0.1, -0.05) is 6.07 Å². The number of nitrogens with zero attached hydrogens (tertiary/aromatic N) is 3. The molecule has 2 aromatic rings. The van der Waals surface area contributed by atoms with Crippen LogP contribution in [-0.2, 0) is 14.8 Å². The molecule has 0 amide bonds. The van der Waals surface area contributed by atoms with Crippen LogP contribution in [0, 0.1) is 6.92 Å². The second kappa shape index (κ2) is 8.45. The average molecular weight is 402 g/mol. The molecule has 0 radical (unpaired) electrons. The maximum Gasteiger partial charge on any atom is 0.244 e. The number of sulfonamides is 1. The Balaban J connectivity index is 0.00000243. The molecule has 0 bridgehead atoms. The Morgan fingerprint density at radius 3 is 2.85 bits per heavy atom. The van der Waals surface area contributed by atoms with Gasteiger partial charge in [-0.3, -0.25) is 0 Å². The minimum Gasteiger partial charge on any atom is -0.383 e. The van der Waals surface area contributed by atoms with Crippen LogP contribution in [0.3, 0.4) is 0 Å². The van der Waals surface area contributed by atoms with Crippen LogP contribution in [0.4, 0.5) is 0 Å². The van der Waals surface area contributed by atoms with Crippen LogP contribution >= 0.6 is 12.4 Å². The molecule has 1 atom stereocenters. The molecule has 3 rings (SSSR count). The van der Waals surface area contributed by atoms with Gasteiger partial charge in [-0.2, -0.15) is 5.10 Å². The molecule has 1 aliphatic heterocycles. The van der Waals surface area contributed by atoms with Crippen molar-refractivity contribution in [2.24, 2.45) is 0 Å². The number of rotatable bonds is 7. The minimum absolute atomic E-state index is 0. The maximum atomic E-state index is 12.7. The number of hydrogen-bond donors (Lipinski definition) is 2. The standard InChI is InChI=1S/C16H23N5O3S.ClH/c1-13-14(10-19-21(13)15-6-3-4-8-17-15)25(22,23)20-11-16(12-24-2)7-5-9-18-16;/h3-4,6,8,10,18,20H,5,7,9,11-12H2,1-2H3;1H. The van der Waals surface area contributed by atoms with Gasteiger partial charge in [0, 0.05) is 19.9 Å². The summed E-state index contributed by atoms with van der Waals surface area (Å²) in [6.45, 7) is 3.32. The zero-order chi connectivity index (χ0) is 17.9. The second-order valence-electron chi connectivity index (χ2n) is 6.26. The summed E-state index contributed by atoms with van der Waals surface area (Å²) < 4.78 is 35.0. The van der Waals surface area contributed by atoms with E-state index in [-0.39, 0.29) is 29.4 Å². The summed E-state index contributed by atoms with van der Waals surface area (Å²) in [4.78, 5) is 4.36. The van der Waals surface area contributed by atoms with E-state index in [1.165, 1.54) is 10.9 Å². The number of nitrogens with one attached hydrogen (secondary N) is 2. The fourth-order valence-electron chi connectivity index (χ4n) is 3.15. The van der Waals surface area contributed by atoms with Crippen molar-refractivity contribution in [2.75, 3.05) is 26.8 Å². The zero-order valence-corrected chi connectivity index (χ0v) is 16.4. The highest BCUT2D eigenvalue weighted by molar-refractivity contribution is 7.89. The van der Waals surface area contributed by atoms with Crippen LogP contribution in [-0.4, -0.2) is 55.5 Å². The predicted molar refractivity (Wildman–Crippen MR) is 100 cm³/mol. The van der Waals surface area contributed by atoms with Crippen LogP contribution in [0.25, 0.3) is 5.82 Å². The molecule has 0 saturated carbocycles. The Hall–Kier alpha value is -1.52. The first-order valence-corrected chi connectivity index (χ1v) is 9.65. The van der Waals surface area contributed by atoms with Crippen molar-refractivity contribution in [2.45, 2.75) is 30.2 Å². The second-order valence-corrected chi connectivity index (χ2v) is 8.00. The van der Waals surface area contributed by atoms with E-state index in [1.54, 1.807) is 32.4 Å². The van der Waals surface area contributed by atoms with E-state index in [4.69, 9.17) is 4.74 Å². The van der Waals surface area contributed by atoms with Gasteiger partial charge < -0.3 is 10.1 Å². The van der Waals surface area contributed by atoms with Crippen molar-refractivity contribution in [3.05, 3.63) is 36.3 Å². The first-order chi connectivity index (χ1) is 12.0. The van der Waals surface area contributed by atoms with Crippen molar-refractivity contribution in [1.29, 1.82) is 0 Å². The van der Waals surface area contributed by atoms with E-state index in [0.29, 0.717) is 18.1 Å². The molecule has 2 N–H and O–H groups in total. The topological polar surface area (TPSA) is 98.1 Å². The monoisotopic (exact) mass is 401 g/mol. The van der Waals surface area contributed by atoms with Gasteiger partial charge in [0.2, 0.25) is 10.0 Å². The Morgan fingerprint density at radius 1 is 1.42 bits per heavy atom. The summed E-state index contributed by atoms with van der Waals surface area (Å²) in [5.74, 6) is 0.578. The average Bonchev–Trinajstić information content (AvgIpc) is 3.22. The van der Waals surface area contributed by atoms with Crippen molar-refractivity contribution in [1.82, 2.24) is 24.8 Å². The van der Waals surface area contributed by atoms with Crippen molar-refractivity contribution in [3.8, 4) is 5.82 Å². The van der Waals surface area contributed by atoms with E-state index in [9.17, 15) is 8.42 Å². The Morgan fingerprint density at radius 2 is 2.23 bits per heavy atom. The SMILES string of the molecule is COCC1(CNS(=O)(=O)c2cnn(-c3ccccn3)c2C)CCCN1.Cl. The molecule has 2 aromatic heterocycles. The van der Waals surface area contributed by atoms with E-state index in [1.807, 2.05) is 6.07 Å². The van der Waals surface area contributed by atoms with Gasteiger partial charge in [0.1, 0.15) is 4.90 Å². The van der Waals surface area contributed by atoms with Crippen LogP contribution in [0.5, 0.6) is 0 Å². The molecular weight excluding hydrogens is 378 g/mol. The Bertz CT molecular complexity index is 820. The van der Waals surface area contributed by atoms with Gasteiger partial charge >= 0.3 is 0 Å². The third-order valence-electron chi connectivity index (χ3n) is 4.47. The highest BCUT2D eigenvalue weighted by atomic mass is 35.5. The Kier molecular flexibility index (Phi) is 6.75. The van der Waals surface area contributed by atoms with Crippen LogP contribution in [0.15, 0.2) is 35.5 Å². The summed E-state index contributed by atoms with van der Waals surface area (Å²) in [5, 5.41) is 7.54. The van der Waals surface area contributed by atoms with Crippen LogP contribution in [0.1, 0.15) is 18.5 Å². The van der Waals surface area contributed by atoms with E-state index < -0.39 is 10.0 Å². The van der Waals surface area contributed by atoms with E-state index in [2.05, 4.69) is 20.1 Å². The smallest absolute Gasteiger partial charge is 0.244 e. The third kappa shape index (κ3) is 4.24. The van der Waals surface area contributed by atoms with Gasteiger partial charge in [-0.05, 0) is 38.4 Å². The summed E-state index contributed by atoms with van der Waals surface area (Å²) in [5.41, 5.74) is 0.165. The quantitative estimate of drug-likeness (QED) is 0.719. The molecule has 8 nitrogen and oxygen atoms in total. The van der Waals surface area contributed by atoms with Gasteiger partial charge in [-0.15, -0.1) is 12.4 Å². The molecule has 0 spiro atoms. The maximum absolute atomic E-state index is 12.7. The fourth-order valence-corrected chi connectivity index (χ4v) is 4.43. The molecule has 10 heteroatoms. The molecule has 1 saturated heterocycles. The molecule has 1 aliphatic rings.